The molecule has 3 rings (SSSR count). The van der Waals surface area contributed by atoms with Crippen molar-refractivity contribution in [3.63, 3.8) is 0 Å². The van der Waals surface area contributed by atoms with Gasteiger partial charge < -0.3 is 9.32 Å². The van der Waals surface area contributed by atoms with Gasteiger partial charge in [0, 0.05) is 29.6 Å². The van der Waals surface area contributed by atoms with Crippen LogP contribution in [-0.2, 0) is 0 Å². The molecular formula is C19H16BrN3O3. The lowest BCUT2D eigenvalue weighted by atomic mass is 10.2. The van der Waals surface area contributed by atoms with Gasteiger partial charge in [-0.15, -0.1) is 0 Å². The van der Waals surface area contributed by atoms with Gasteiger partial charge in [-0.1, -0.05) is 28.1 Å². The van der Waals surface area contributed by atoms with Gasteiger partial charge in [-0.25, -0.2) is 10.2 Å². The second kappa shape index (κ2) is 7.53. The highest BCUT2D eigenvalue weighted by Gasteiger charge is 2.13. The third-order valence-electron chi connectivity index (χ3n) is 3.73. The molecule has 0 bridgehead atoms. The van der Waals surface area contributed by atoms with Crippen molar-refractivity contribution in [2.75, 3.05) is 19.0 Å². The Morgan fingerprint density at radius 1 is 1.15 bits per heavy atom. The second-order valence-electron chi connectivity index (χ2n) is 5.81. The van der Waals surface area contributed by atoms with E-state index in [1.54, 1.807) is 18.2 Å². The summed E-state index contributed by atoms with van der Waals surface area (Å²) in [6.45, 7) is 0. The second-order valence-corrected chi connectivity index (χ2v) is 6.73. The number of hydrazone groups is 1. The monoisotopic (exact) mass is 413 g/mol. The molecule has 1 N–H and O–H groups in total. The van der Waals surface area contributed by atoms with Crippen LogP contribution in [0, 0.1) is 0 Å². The molecule has 0 fully saturated rings. The number of fused-ring (bicyclic) bond motifs is 1. The average Bonchev–Trinajstić information content (AvgIpc) is 2.61. The maximum absolute atomic E-state index is 12.2. The molecule has 6 nitrogen and oxygen atoms in total. The van der Waals surface area contributed by atoms with Crippen LogP contribution < -0.4 is 16.0 Å². The van der Waals surface area contributed by atoms with Gasteiger partial charge in [0.25, 0.3) is 5.91 Å². The molecule has 0 radical (unpaired) electrons. The van der Waals surface area contributed by atoms with Gasteiger partial charge in [-0.2, -0.15) is 5.10 Å². The van der Waals surface area contributed by atoms with E-state index >= 15 is 0 Å². The summed E-state index contributed by atoms with van der Waals surface area (Å²) in [6, 6.07) is 14.3. The summed E-state index contributed by atoms with van der Waals surface area (Å²) in [7, 11) is 3.91. The molecular weight excluding hydrogens is 398 g/mol. The fraction of sp³-hybridized carbons (Fsp3) is 0.105. The number of carbonyl (C=O) groups is 1. The Labute approximate surface area is 158 Å². The van der Waals surface area contributed by atoms with Crippen molar-refractivity contribution < 1.29 is 9.21 Å². The first-order valence-corrected chi connectivity index (χ1v) is 8.57. The Hall–Kier alpha value is -2.93. The van der Waals surface area contributed by atoms with Crippen LogP contribution in [-0.4, -0.2) is 26.2 Å². The predicted octanol–water partition coefficient (Wildman–Crippen LogP) is 3.39. The van der Waals surface area contributed by atoms with E-state index in [0.29, 0.717) is 11.0 Å². The number of nitrogens with one attached hydrogen (secondary N) is 1. The maximum Gasteiger partial charge on any atom is 0.349 e. The highest BCUT2D eigenvalue weighted by molar-refractivity contribution is 9.10. The van der Waals surface area contributed by atoms with Crippen LogP contribution in [0.3, 0.4) is 0 Å². The molecule has 0 aliphatic rings. The van der Waals surface area contributed by atoms with Gasteiger partial charge in [0.2, 0.25) is 0 Å². The average molecular weight is 414 g/mol. The summed E-state index contributed by atoms with van der Waals surface area (Å²) in [5.74, 6) is -0.623. The Balaban J connectivity index is 1.76. The van der Waals surface area contributed by atoms with E-state index in [1.807, 2.05) is 43.3 Å². The van der Waals surface area contributed by atoms with Gasteiger partial charge in [-0.3, -0.25) is 4.79 Å². The summed E-state index contributed by atoms with van der Waals surface area (Å²) in [5.41, 5.74) is 3.85. The molecule has 0 spiro atoms. The molecule has 1 aromatic heterocycles. The molecule has 7 heteroatoms. The molecule has 1 heterocycles. The Bertz CT molecular complexity index is 1040. The van der Waals surface area contributed by atoms with Crippen LogP contribution in [0.25, 0.3) is 11.0 Å². The van der Waals surface area contributed by atoms with Crippen LogP contribution in [0.4, 0.5) is 5.69 Å². The number of carbonyl (C=O) groups excluding carboxylic acids is 1. The van der Waals surface area contributed by atoms with Crippen molar-refractivity contribution in [3.8, 4) is 0 Å². The molecule has 26 heavy (non-hydrogen) atoms. The molecule has 132 valence electrons. The molecule has 1 amide bonds. The summed E-state index contributed by atoms with van der Waals surface area (Å²) >= 11 is 3.35. The van der Waals surface area contributed by atoms with Crippen molar-refractivity contribution in [1.29, 1.82) is 0 Å². The van der Waals surface area contributed by atoms with E-state index in [0.717, 1.165) is 15.7 Å². The summed E-state index contributed by atoms with van der Waals surface area (Å²) in [5, 5.41) is 4.55. The van der Waals surface area contributed by atoms with Crippen LogP contribution in [0.5, 0.6) is 0 Å². The van der Waals surface area contributed by atoms with Gasteiger partial charge in [0.15, 0.2) is 0 Å². The molecule has 2 aromatic carbocycles. The smallest absolute Gasteiger partial charge is 0.349 e. The van der Waals surface area contributed by atoms with Crippen molar-refractivity contribution in [3.05, 3.63) is 74.6 Å². The Morgan fingerprint density at radius 2 is 1.88 bits per heavy atom. The van der Waals surface area contributed by atoms with E-state index in [1.165, 1.54) is 12.3 Å². The molecule has 0 saturated carbocycles. The zero-order chi connectivity index (χ0) is 18.7. The largest absolute Gasteiger partial charge is 0.422 e. The summed E-state index contributed by atoms with van der Waals surface area (Å²) in [6.07, 6.45) is 1.51. The molecule has 0 aliphatic heterocycles. The summed E-state index contributed by atoms with van der Waals surface area (Å²) in [4.78, 5) is 26.2. The molecule has 0 unspecified atom stereocenters. The third kappa shape index (κ3) is 4.00. The zero-order valence-corrected chi connectivity index (χ0v) is 15.8. The third-order valence-corrected chi connectivity index (χ3v) is 4.22. The Morgan fingerprint density at radius 3 is 2.58 bits per heavy atom. The van der Waals surface area contributed by atoms with Crippen molar-refractivity contribution in [1.82, 2.24) is 5.43 Å². The zero-order valence-electron chi connectivity index (χ0n) is 14.2. The van der Waals surface area contributed by atoms with Gasteiger partial charge in [0.05, 0.1) is 6.21 Å². The minimum atomic E-state index is -0.706. The van der Waals surface area contributed by atoms with Crippen molar-refractivity contribution >= 4 is 44.7 Å². The number of hydrogen-bond donors (Lipinski definition) is 1. The molecule has 0 saturated heterocycles. The quantitative estimate of drug-likeness (QED) is 0.404. The fourth-order valence-corrected chi connectivity index (χ4v) is 2.72. The first-order chi connectivity index (χ1) is 12.4. The van der Waals surface area contributed by atoms with Crippen molar-refractivity contribution in [2.24, 2.45) is 5.10 Å². The number of benzene rings is 2. The van der Waals surface area contributed by atoms with Gasteiger partial charge in [0.1, 0.15) is 11.1 Å². The van der Waals surface area contributed by atoms with Crippen LogP contribution >= 0.6 is 15.9 Å². The van der Waals surface area contributed by atoms with Crippen LogP contribution in [0.1, 0.15) is 15.9 Å². The fourth-order valence-electron chi connectivity index (χ4n) is 2.34. The van der Waals surface area contributed by atoms with E-state index < -0.39 is 11.5 Å². The normalized spacial score (nSPS) is 11.0. The lowest BCUT2D eigenvalue weighted by Crippen LogP contribution is -2.24. The van der Waals surface area contributed by atoms with Crippen LogP contribution in [0.15, 0.2) is 67.3 Å². The number of hydrogen-bond acceptors (Lipinski definition) is 5. The minimum Gasteiger partial charge on any atom is -0.422 e. The topological polar surface area (TPSA) is 74.9 Å². The standard InChI is InChI=1S/C19H16BrN3O3/c1-23(2)15-6-3-12(4-7-15)11-21-22-18(24)16-10-13-9-14(20)5-8-17(13)26-19(16)25/h3-11H,1-2H3,(H,22,24). The highest BCUT2D eigenvalue weighted by Crippen LogP contribution is 2.19. The van der Waals surface area contributed by atoms with E-state index in [-0.39, 0.29) is 5.56 Å². The number of anilines is 1. The first kappa shape index (κ1) is 17.9. The number of rotatable bonds is 4. The lowest BCUT2D eigenvalue weighted by Gasteiger charge is -2.11. The molecule has 0 aliphatic carbocycles. The van der Waals surface area contributed by atoms with Crippen molar-refractivity contribution in [2.45, 2.75) is 0 Å². The van der Waals surface area contributed by atoms with Gasteiger partial charge >= 0.3 is 5.63 Å². The molecule has 0 atom stereocenters. The van der Waals surface area contributed by atoms with E-state index in [2.05, 4.69) is 26.5 Å². The minimum absolute atomic E-state index is 0.101. The Kier molecular flexibility index (Phi) is 5.18. The first-order valence-electron chi connectivity index (χ1n) is 7.78. The van der Waals surface area contributed by atoms with Crippen LogP contribution in [0.2, 0.25) is 0 Å². The summed E-state index contributed by atoms with van der Waals surface area (Å²) < 4.78 is 6.00. The van der Waals surface area contributed by atoms with E-state index in [4.69, 9.17) is 4.42 Å². The number of nitrogens with zero attached hydrogens (tertiary/aromatic N) is 2. The van der Waals surface area contributed by atoms with E-state index in [9.17, 15) is 9.59 Å². The maximum atomic E-state index is 12.2. The predicted molar refractivity (Wildman–Crippen MR) is 106 cm³/mol. The lowest BCUT2D eigenvalue weighted by molar-refractivity contribution is 0.0951. The van der Waals surface area contributed by atoms with Gasteiger partial charge in [-0.05, 0) is 42.0 Å². The number of halogens is 1. The number of amides is 1. The SMILES string of the molecule is CN(C)c1ccc(C=NNC(=O)c2cc3cc(Br)ccc3oc2=O)cc1. The highest BCUT2D eigenvalue weighted by atomic mass is 79.9. The molecule has 3 aromatic rings.